The maximum Gasteiger partial charge on any atom is 0.244 e. The number of nitrogens with one attached hydrogen (secondary N) is 1. The number of hydrogen-bond acceptors (Lipinski definition) is 4. The molecule has 0 aliphatic carbocycles. The Balaban J connectivity index is 1.96. The van der Waals surface area contributed by atoms with Gasteiger partial charge in [0.15, 0.2) is 0 Å². The highest BCUT2D eigenvalue weighted by atomic mass is 16.5. The van der Waals surface area contributed by atoms with Crippen molar-refractivity contribution in [2.75, 3.05) is 33.9 Å². The van der Waals surface area contributed by atoms with Crippen LogP contribution in [0.1, 0.15) is 24.4 Å². The van der Waals surface area contributed by atoms with Gasteiger partial charge in [0.25, 0.3) is 0 Å². The molecule has 0 aromatic carbocycles. The van der Waals surface area contributed by atoms with E-state index >= 15 is 0 Å². The number of rotatable bonds is 5. The van der Waals surface area contributed by atoms with Crippen molar-refractivity contribution in [2.24, 2.45) is 13.0 Å². The van der Waals surface area contributed by atoms with E-state index in [9.17, 15) is 4.79 Å². The lowest BCUT2D eigenvalue weighted by atomic mass is 9.97. The number of amides is 1. The van der Waals surface area contributed by atoms with E-state index in [0.717, 1.165) is 38.1 Å². The van der Waals surface area contributed by atoms with E-state index in [2.05, 4.69) is 10.4 Å². The van der Waals surface area contributed by atoms with Crippen LogP contribution in [0.4, 0.5) is 0 Å². The molecule has 1 unspecified atom stereocenters. The Morgan fingerprint density at radius 1 is 1.55 bits per heavy atom. The minimum atomic E-state index is -0.303. The molecule has 0 bridgehead atoms. The Morgan fingerprint density at radius 3 is 2.75 bits per heavy atom. The lowest BCUT2D eigenvalue weighted by Gasteiger charge is -2.33. The van der Waals surface area contributed by atoms with Crippen LogP contribution in [-0.4, -0.2) is 54.4 Å². The first-order chi connectivity index (χ1) is 9.65. The smallest absolute Gasteiger partial charge is 0.244 e. The van der Waals surface area contributed by atoms with E-state index in [-0.39, 0.29) is 11.9 Å². The van der Waals surface area contributed by atoms with E-state index in [4.69, 9.17) is 4.74 Å². The van der Waals surface area contributed by atoms with Gasteiger partial charge >= 0.3 is 0 Å². The van der Waals surface area contributed by atoms with E-state index in [1.807, 2.05) is 25.2 Å². The molecule has 6 heteroatoms. The first-order valence-electron chi connectivity index (χ1n) is 7.09. The average Bonchev–Trinajstić information content (AvgIpc) is 2.87. The van der Waals surface area contributed by atoms with Crippen LogP contribution in [0, 0.1) is 5.92 Å². The number of aromatic nitrogens is 2. The van der Waals surface area contributed by atoms with Gasteiger partial charge in [-0.3, -0.25) is 9.48 Å². The Bertz CT molecular complexity index is 438. The van der Waals surface area contributed by atoms with Gasteiger partial charge in [0.05, 0.1) is 6.20 Å². The molecule has 1 N–H and O–H groups in total. The molecule has 2 rings (SSSR count). The number of likely N-dealkylation sites (N-methyl/N-ethyl adjacent to an activating group) is 1. The largest absolute Gasteiger partial charge is 0.384 e. The fraction of sp³-hybridized carbons (Fsp3) is 0.714. The predicted molar refractivity (Wildman–Crippen MR) is 76.2 cm³/mol. The summed E-state index contributed by atoms with van der Waals surface area (Å²) in [4.78, 5) is 14.5. The number of methoxy groups -OCH3 is 1. The second-order valence-electron chi connectivity index (χ2n) is 5.39. The molecule has 1 fully saturated rings. The van der Waals surface area contributed by atoms with Crippen LogP contribution in [0.25, 0.3) is 0 Å². The van der Waals surface area contributed by atoms with Gasteiger partial charge in [-0.15, -0.1) is 0 Å². The third-order valence-corrected chi connectivity index (χ3v) is 3.92. The first kappa shape index (κ1) is 15.0. The van der Waals surface area contributed by atoms with Crippen LogP contribution in [0.2, 0.25) is 0 Å². The molecule has 0 spiro atoms. The van der Waals surface area contributed by atoms with E-state index in [0.29, 0.717) is 5.92 Å². The molecule has 1 atom stereocenters. The summed E-state index contributed by atoms with van der Waals surface area (Å²) in [5.41, 5.74) is 0.916. The van der Waals surface area contributed by atoms with Gasteiger partial charge in [0.2, 0.25) is 5.91 Å². The molecular weight excluding hydrogens is 256 g/mol. The molecule has 0 saturated carbocycles. The highest BCUT2D eigenvalue weighted by Gasteiger charge is 2.28. The molecule has 1 aliphatic rings. The fourth-order valence-corrected chi connectivity index (χ4v) is 2.76. The lowest BCUT2D eigenvalue weighted by molar-refractivity contribution is -0.135. The van der Waals surface area contributed by atoms with Gasteiger partial charge in [-0.1, -0.05) is 0 Å². The summed E-state index contributed by atoms with van der Waals surface area (Å²) in [5.74, 6) is 0.715. The minimum Gasteiger partial charge on any atom is -0.384 e. The number of piperidine rings is 1. The van der Waals surface area contributed by atoms with Crippen molar-refractivity contribution in [3.05, 3.63) is 18.0 Å². The van der Waals surface area contributed by atoms with Crippen molar-refractivity contribution >= 4 is 5.91 Å². The fourth-order valence-electron chi connectivity index (χ4n) is 2.76. The zero-order valence-corrected chi connectivity index (χ0v) is 12.5. The summed E-state index contributed by atoms with van der Waals surface area (Å²) in [5, 5.41) is 7.23. The summed E-state index contributed by atoms with van der Waals surface area (Å²) in [6, 6.07) is -0.303. The van der Waals surface area contributed by atoms with Crippen LogP contribution in [-0.2, 0) is 16.6 Å². The number of nitrogens with zero attached hydrogens (tertiary/aromatic N) is 3. The van der Waals surface area contributed by atoms with Crippen LogP contribution >= 0.6 is 0 Å². The second kappa shape index (κ2) is 6.85. The Morgan fingerprint density at radius 2 is 2.25 bits per heavy atom. The van der Waals surface area contributed by atoms with Crippen LogP contribution in [0.3, 0.4) is 0 Å². The quantitative estimate of drug-likeness (QED) is 0.856. The number of ether oxygens (including phenoxy) is 1. The molecular formula is C14H24N4O2. The number of aryl methyl sites for hydroxylation is 1. The molecule has 0 radical (unpaired) electrons. The predicted octanol–water partition coefficient (Wildman–Crippen LogP) is 0.566. The van der Waals surface area contributed by atoms with Crippen molar-refractivity contribution in [2.45, 2.75) is 18.9 Å². The average molecular weight is 280 g/mol. The van der Waals surface area contributed by atoms with Gasteiger partial charge in [-0.25, -0.2) is 0 Å². The molecule has 2 heterocycles. The Hall–Kier alpha value is -1.40. The second-order valence-corrected chi connectivity index (χ2v) is 5.39. The monoisotopic (exact) mass is 280 g/mol. The third kappa shape index (κ3) is 3.37. The number of carbonyl (C=O) groups excluding carboxylic acids is 1. The van der Waals surface area contributed by atoms with E-state index < -0.39 is 0 Å². The summed E-state index contributed by atoms with van der Waals surface area (Å²) < 4.78 is 6.91. The molecule has 1 aromatic rings. The van der Waals surface area contributed by atoms with Crippen LogP contribution in [0.5, 0.6) is 0 Å². The van der Waals surface area contributed by atoms with E-state index in [1.54, 1.807) is 18.0 Å². The zero-order chi connectivity index (χ0) is 14.5. The molecule has 6 nitrogen and oxygen atoms in total. The number of likely N-dealkylation sites (tertiary alicyclic amines) is 1. The van der Waals surface area contributed by atoms with E-state index in [1.165, 1.54) is 0 Å². The highest BCUT2D eigenvalue weighted by molar-refractivity contribution is 5.83. The van der Waals surface area contributed by atoms with Gasteiger partial charge in [0, 0.05) is 45.6 Å². The normalized spacial score (nSPS) is 18.2. The van der Waals surface area contributed by atoms with Gasteiger partial charge in [0.1, 0.15) is 6.04 Å². The SMILES string of the molecule is CNC(C(=O)N1CCC(COC)CC1)c1cnn(C)c1. The molecule has 1 aliphatic heterocycles. The molecule has 112 valence electrons. The maximum atomic E-state index is 12.6. The standard InChI is InChI=1S/C14H24N4O2/c1-15-13(12-8-16-17(2)9-12)14(19)18-6-4-11(5-7-18)10-20-3/h8-9,11,13,15H,4-7,10H2,1-3H3. The molecule has 1 amide bonds. The van der Waals surface area contributed by atoms with Gasteiger partial charge in [-0.05, 0) is 25.8 Å². The van der Waals surface area contributed by atoms with Crippen molar-refractivity contribution in [1.29, 1.82) is 0 Å². The van der Waals surface area contributed by atoms with Gasteiger partial charge < -0.3 is 15.0 Å². The van der Waals surface area contributed by atoms with Crippen molar-refractivity contribution in [1.82, 2.24) is 20.0 Å². The van der Waals surface area contributed by atoms with Crippen molar-refractivity contribution in [3.8, 4) is 0 Å². The maximum absolute atomic E-state index is 12.6. The third-order valence-electron chi connectivity index (χ3n) is 3.92. The lowest BCUT2D eigenvalue weighted by Crippen LogP contribution is -2.44. The van der Waals surface area contributed by atoms with Crippen LogP contribution in [0.15, 0.2) is 12.4 Å². The summed E-state index contributed by atoms with van der Waals surface area (Å²) >= 11 is 0. The molecule has 1 aromatic heterocycles. The minimum absolute atomic E-state index is 0.136. The topological polar surface area (TPSA) is 59.4 Å². The van der Waals surface area contributed by atoms with Gasteiger partial charge in [-0.2, -0.15) is 5.10 Å². The van der Waals surface area contributed by atoms with Crippen LogP contribution < -0.4 is 5.32 Å². The molecule has 20 heavy (non-hydrogen) atoms. The summed E-state index contributed by atoms with van der Waals surface area (Å²) in [6.07, 6.45) is 5.67. The van der Waals surface area contributed by atoms with Crippen molar-refractivity contribution < 1.29 is 9.53 Å². The zero-order valence-electron chi connectivity index (χ0n) is 12.5. The number of hydrogen-bond donors (Lipinski definition) is 1. The first-order valence-corrected chi connectivity index (χ1v) is 7.09. The summed E-state index contributed by atoms with van der Waals surface area (Å²) in [7, 11) is 5.40. The Labute approximate surface area is 120 Å². The van der Waals surface area contributed by atoms with Crippen molar-refractivity contribution in [3.63, 3.8) is 0 Å². The highest BCUT2D eigenvalue weighted by Crippen LogP contribution is 2.21. The summed E-state index contributed by atoms with van der Waals surface area (Å²) in [6.45, 7) is 2.41. The molecule has 1 saturated heterocycles. The number of carbonyl (C=O) groups is 1. The Kier molecular flexibility index (Phi) is 5.14.